The molecule has 1 aromatic rings. The van der Waals surface area contributed by atoms with Gasteiger partial charge in [0, 0.05) is 11.3 Å². The van der Waals surface area contributed by atoms with Gasteiger partial charge in [0.2, 0.25) is 0 Å². The van der Waals surface area contributed by atoms with Crippen molar-refractivity contribution in [3.8, 4) is 0 Å². The summed E-state index contributed by atoms with van der Waals surface area (Å²) in [7, 11) is 0. The summed E-state index contributed by atoms with van der Waals surface area (Å²) in [4.78, 5) is 0. The largest absolute Gasteiger partial charge is 0.126 e. The predicted octanol–water partition coefficient (Wildman–Crippen LogP) is 4.26. The van der Waals surface area contributed by atoms with Gasteiger partial charge >= 0.3 is 0 Å². The summed E-state index contributed by atoms with van der Waals surface area (Å²) < 4.78 is 0. The van der Waals surface area contributed by atoms with Crippen LogP contribution in [0.5, 0.6) is 0 Å². The molecule has 1 aliphatic rings. The van der Waals surface area contributed by atoms with Crippen LogP contribution in [0.25, 0.3) is 0 Å². The molecule has 13 heavy (non-hydrogen) atoms. The minimum Gasteiger partial charge on any atom is -0.126 e. The Kier molecular flexibility index (Phi) is 2.48. The van der Waals surface area contributed by atoms with Crippen molar-refractivity contribution >= 4 is 34.8 Å². The predicted molar refractivity (Wildman–Crippen MR) is 58.1 cm³/mol. The van der Waals surface area contributed by atoms with E-state index in [-0.39, 0.29) is 5.41 Å². The molecule has 0 amide bonds. The van der Waals surface area contributed by atoms with Crippen LogP contribution in [0.1, 0.15) is 18.4 Å². The van der Waals surface area contributed by atoms with Crippen molar-refractivity contribution in [3.63, 3.8) is 0 Å². The molecule has 1 saturated carbocycles. The van der Waals surface area contributed by atoms with Crippen LogP contribution >= 0.6 is 34.8 Å². The van der Waals surface area contributed by atoms with Gasteiger partial charge in [0.05, 0.1) is 10.0 Å². The Hall–Kier alpha value is 0.0900. The summed E-state index contributed by atoms with van der Waals surface area (Å²) in [6.45, 7) is 0. The second kappa shape index (κ2) is 3.34. The maximum absolute atomic E-state index is 5.93. The van der Waals surface area contributed by atoms with Gasteiger partial charge < -0.3 is 0 Å². The number of benzene rings is 1. The Morgan fingerprint density at radius 1 is 1.15 bits per heavy atom. The second-order valence-electron chi connectivity index (χ2n) is 3.54. The molecular formula is C10H9Cl3. The van der Waals surface area contributed by atoms with Crippen LogP contribution in [0.15, 0.2) is 18.2 Å². The highest BCUT2D eigenvalue weighted by atomic mass is 35.5. The third-order valence-electron chi connectivity index (χ3n) is 2.64. The van der Waals surface area contributed by atoms with Crippen molar-refractivity contribution in [2.75, 3.05) is 5.88 Å². The summed E-state index contributed by atoms with van der Waals surface area (Å²) in [6, 6.07) is 5.79. The molecule has 0 spiro atoms. The fourth-order valence-electron chi connectivity index (χ4n) is 1.48. The molecule has 1 fully saturated rings. The molecule has 0 radical (unpaired) electrons. The van der Waals surface area contributed by atoms with Gasteiger partial charge in [-0.15, -0.1) is 11.6 Å². The molecule has 0 heterocycles. The molecule has 0 atom stereocenters. The molecular weight excluding hydrogens is 226 g/mol. The van der Waals surface area contributed by atoms with Crippen LogP contribution in [-0.4, -0.2) is 5.88 Å². The Bertz CT molecular complexity index is 329. The van der Waals surface area contributed by atoms with Gasteiger partial charge in [-0.2, -0.15) is 0 Å². The van der Waals surface area contributed by atoms with Gasteiger partial charge in [0.15, 0.2) is 0 Å². The first-order chi connectivity index (χ1) is 6.18. The lowest BCUT2D eigenvalue weighted by molar-refractivity contribution is 0.797. The van der Waals surface area contributed by atoms with Crippen LogP contribution in [-0.2, 0) is 5.41 Å². The molecule has 0 nitrogen and oxygen atoms in total. The molecule has 0 aromatic heterocycles. The molecule has 0 bridgehead atoms. The van der Waals surface area contributed by atoms with E-state index in [1.165, 1.54) is 5.56 Å². The zero-order valence-electron chi connectivity index (χ0n) is 6.99. The van der Waals surface area contributed by atoms with Crippen molar-refractivity contribution in [2.45, 2.75) is 18.3 Å². The van der Waals surface area contributed by atoms with Gasteiger partial charge in [0.25, 0.3) is 0 Å². The lowest BCUT2D eigenvalue weighted by Gasteiger charge is -2.12. The first-order valence-electron chi connectivity index (χ1n) is 4.19. The molecule has 70 valence electrons. The highest BCUT2D eigenvalue weighted by molar-refractivity contribution is 6.42. The van der Waals surface area contributed by atoms with Gasteiger partial charge in [-0.25, -0.2) is 0 Å². The maximum atomic E-state index is 5.93. The smallest absolute Gasteiger partial charge is 0.0595 e. The lowest BCUT2D eigenvalue weighted by atomic mass is 9.98. The van der Waals surface area contributed by atoms with Gasteiger partial charge in [-0.05, 0) is 30.5 Å². The van der Waals surface area contributed by atoms with E-state index < -0.39 is 0 Å². The van der Waals surface area contributed by atoms with E-state index in [9.17, 15) is 0 Å². The fraction of sp³-hybridized carbons (Fsp3) is 0.400. The Balaban J connectivity index is 2.37. The third kappa shape index (κ3) is 1.68. The zero-order valence-corrected chi connectivity index (χ0v) is 9.26. The van der Waals surface area contributed by atoms with E-state index in [0.717, 1.165) is 12.8 Å². The summed E-state index contributed by atoms with van der Waals surface area (Å²) in [5.41, 5.74) is 1.41. The summed E-state index contributed by atoms with van der Waals surface area (Å²) in [5.74, 6) is 0.672. The molecule has 0 saturated heterocycles. The zero-order chi connectivity index (χ0) is 9.47. The van der Waals surface area contributed by atoms with Crippen LogP contribution in [0.4, 0.5) is 0 Å². The highest BCUT2D eigenvalue weighted by Gasteiger charge is 2.43. The van der Waals surface area contributed by atoms with Crippen molar-refractivity contribution < 1.29 is 0 Å². The van der Waals surface area contributed by atoms with Crippen LogP contribution in [0.3, 0.4) is 0 Å². The molecule has 1 aliphatic carbocycles. The first-order valence-corrected chi connectivity index (χ1v) is 5.48. The number of hydrogen-bond acceptors (Lipinski definition) is 0. The van der Waals surface area contributed by atoms with E-state index in [1.807, 2.05) is 18.2 Å². The quantitative estimate of drug-likeness (QED) is 0.672. The SMILES string of the molecule is ClCC1(c2ccc(Cl)c(Cl)c2)CC1. The van der Waals surface area contributed by atoms with Crippen molar-refractivity contribution in [1.82, 2.24) is 0 Å². The van der Waals surface area contributed by atoms with Crippen LogP contribution in [0.2, 0.25) is 10.0 Å². The average Bonchev–Trinajstić information content (AvgIpc) is 2.90. The molecule has 0 N–H and O–H groups in total. The van der Waals surface area contributed by atoms with Gasteiger partial charge in [-0.3, -0.25) is 0 Å². The minimum atomic E-state index is 0.190. The highest BCUT2D eigenvalue weighted by Crippen LogP contribution is 2.49. The third-order valence-corrected chi connectivity index (χ3v) is 3.89. The topological polar surface area (TPSA) is 0 Å². The molecule has 1 aromatic carbocycles. The molecule has 0 aliphatic heterocycles. The Morgan fingerprint density at radius 3 is 2.31 bits per heavy atom. The Labute approximate surface area is 92.8 Å². The second-order valence-corrected chi connectivity index (χ2v) is 4.62. The summed E-state index contributed by atoms with van der Waals surface area (Å²) in [5, 5.41) is 1.23. The number of rotatable bonds is 2. The van der Waals surface area contributed by atoms with E-state index in [0.29, 0.717) is 15.9 Å². The van der Waals surface area contributed by atoms with E-state index in [4.69, 9.17) is 34.8 Å². The summed E-state index contributed by atoms with van der Waals surface area (Å²) in [6.07, 6.45) is 2.32. The van der Waals surface area contributed by atoms with Gasteiger partial charge in [0.1, 0.15) is 0 Å². The van der Waals surface area contributed by atoms with E-state index >= 15 is 0 Å². The lowest BCUT2D eigenvalue weighted by Crippen LogP contribution is -2.07. The van der Waals surface area contributed by atoms with Crippen molar-refractivity contribution in [1.29, 1.82) is 0 Å². The monoisotopic (exact) mass is 234 g/mol. The van der Waals surface area contributed by atoms with Crippen molar-refractivity contribution in [3.05, 3.63) is 33.8 Å². The molecule has 2 rings (SSSR count). The molecule has 3 heteroatoms. The standard InChI is InChI=1S/C10H9Cl3/c11-6-10(3-4-10)7-1-2-8(12)9(13)5-7/h1-2,5H,3-4,6H2. The minimum absolute atomic E-state index is 0.190. The van der Waals surface area contributed by atoms with Crippen LogP contribution in [0, 0.1) is 0 Å². The summed E-state index contributed by atoms with van der Waals surface area (Å²) >= 11 is 17.7. The fourth-order valence-corrected chi connectivity index (χ4v) is 2.20. The normalized spacial score (nSPS) is 18.7. The van der Waals surface area contributed by atoms with E-state index in [1.54, 1.807) is 0 Å². The van der Waals surface area contributed by atoms with Crippen LogP contribution < -0.4 is 0 Å². The van der Waals surface area contributed by atoms with Gasteiger partial charge in [-0.1, -0.05) is 29.3 Å². The Morgan fingerprint density at radius 2 is 1.85 bits per heavy atom. The maximum Gasteiger partial charge on any atom is 0.0595 e. The number of halogens is 3. The number of hydrogen-bond donors (Lipinski definition) is 0. The molecule has 0 unspecified atom stereocenters. The first kappa shape index (κ1) is 9.64. The number of alkyl halides is 1. The van der Waals surface area contributed by atoms with E-state index in [2.05, 4.69) is 0 Å². The average molecular weight is 236 g/mol. The van der Waals surface area contributed by atoms with Crippen molar-refractivity contribution in [2.24, 2.45) is 0 Å².